The van der Waals surface area contributed by atoms with Crippen LogP contribution in [0.4, 0.5) is 18.0 Å². The summed E-state index contributed by atoms with van der Waals surface area (Å²) in [4.78, 5) is 18.9. The van der Waals surface area contributed by atoms with Gasteiger partial charge in [0.25, 0.3) is 0 Å². The minimum atomic E-state index is -4.43. The van der Waals surface area contributed by atoms with Gasteiger partial charge in [-0.15, -0.1) is 0 Å². The van der Waals surface area contributed by atoms with Crippen LogP contribution in [0, 0.1) is 0 Å². The van der Waals surface area contributed by atoms with Crippen molar-refractivity contribution >= 4 is 15.9 Å². The van der Waals surface area contributed by atoms with Gasteiger partial charge in [0.05, 0.1) is 17.3 Å². The Morgan fingerprint density at radius 1 is 1.15 bits per heavy atom. The number of halogens is 3. The number of sulfone groups is 1. The van der Waals surface area contributed by atoms with Gasteiger partial charge in [0.15, 0.2) is 14.9 Å². The van der Waals surface area contributed by atoms with Gasteiger partial charge in [-0.1, -0.05) is 19.1 Å². The number of fused-ring (bicyclic) bond motifs is 1. The first-order valence-corrected chi connectivity index (χ1v) is 13.0. The van der Waals surface area contributed by atoms with E-state index in [-0.39, 0.29) is 5.03 Å². The van der Waals surface area contributed by atoms with E-state index in [0.29, 0.717) is 49.4 Å². The molecule has 0 radical (unpaired) electrons. The molecule has 2 heterocycles. The van der Waals surface area contributed by atoms with Gasteiger partial charge in [0.1, 0.15) is 11.4 Å². The van der Waals surface area contributed by atoms with E-state index < -0.39 is 39.3 Å². The number of carbonyl (C=O) groups excluding carboxylic acids is 1. The van der Waals surface area contributed by atoms with Crippen molar-refractivity contribution in [1.29, 1.82) is 0 Å². The smallest absolute Gasteiger partial charge is 0.416 e. The summed E-state index contributed by atoms with van der Waals surface area (Å²) in [6.07, 6.45) is -2.78. The normalized spacial score (nSPS) is 16.9. The van der Waals surface area contributed by atoms with Crippen LogP contribution < -0.4 is 0 Å². The fraction of sp³-hybridized carbons (Fsp3) is 0.565. The Balaban J connectivity index is 2.00. The van der Waals surface area contributed by atoms with Gasteiger partial charge in [-0.3, -0.25) is 4.90 Å². The van der Waals surface area contributed by atoms with Gasteiger partial charge in [-0.2, -0.15) is 13.2 Å². The molecule has 0 aliphatic carbocycles. The lowest BCUT2D eigenvalue weighted by atomic mass is 9.99. The molecule has 188 valence electrons. The quantitative estimate of drug-likeness (QED) is 0.588. The van der Waals surface area contributed by atoms with E-state index in [1.807, 2.05) is 11.5 Å². The highest BCUT2D eigenvalue weighted by Gasteiger charge is 2.39. The third kappa shape index (κ3) is 5.73. The molecule has 0 saturated heterocycles. The fourth-order valence-corrected chi connectivity index (χ4v) is 5.01. The van der Waals surface area contributed by atoms with Crippen molar-refractivity contribution in [1.82, 2.24) is 14.5 Å². The van der Waals surface area contributed by atoms with Crippen LogP contribution in [-0.4, -0.2) is 47.4 Å². The SMILES string of the molecule is CCc1nc(S(C)(=O)=O)c2n1CCN(C(=O)OC(C)(C)C)C2CCc1ccc(C(F)(F)F)cc1. The molecule has 1 aromatic heterocycles. The van der Waals surface area contributed by atoms with Gasteiger partial charge < -0.3 is 9.30 Å². The largest absolute Gasteiger partial charge is 0.444 e. The van der Waals surface area contributed by atoms with Crippen LogP contribution in [0.15, 0.2) is 29.3 Å². The second-order valence-corrected chi connectivity index (χ2v) is 11.3. The number of alkyl halides is 3. The van der Waals surface area contributed by atoms with Gasteiger partial charge in [0, 0.05) is 25.8 Å². The number of aryl methyl sites for hydroxylation is 2. The van der Waals surface area contributed by atoms with Crippen molar-refractivity contribution in [2.24, 2.45) is 0 Å². The summed E-state index contributed by atoms with van der Waals surface area (Å²) in [5.41, 5.74) is -0.427. The third-order valence-corrected chi connectivity index (χ3v) is 6.59. The summed E-state index contributed by atoms with van der Waals surface area (Å²) < 4.78 is 71.3. The first-order valence-electron chi connectivity index (χ1n) is 11.1. The zero-order valence-electron chi connectivity index (χ0n) is 19.9. The molecular formula is C23H30F3N3O4S. The van der Waals surface area contributed by atoms with E-state index in [9.17, 15) is 26.4 Å². The number of benzene rings is 1. The predicted molar refractivity (Wildman–Crippen MR) is 120 cm³/mol. The van der Waals surface area contributed by atoms with Gasteiger partial charge in [-0.05, 0) is 51.3 Å². The van der Waals surface area contributed by atoms with Crippen molar-refractivity contribution < 1.29 is 31.1 Å². The molecule has 7 nitrogen and oxygen atoms in total. The number of imidazole rings is 1. The molecule has 2 aromatic rings. The number of hydrogen-bond donors (Lipinski definition) is 0. The summed E-state index contributed by atoms with van der Waals surface area (Å²) in [5.74, 6) is 0.610. The number of ether oxygens (including phenoxy) is 1. The van der Waals surface area contributed by atoms with Gasteiger partial charge in [-0.25, -0.2) is 18.2 Å². The van der Waals surface area contributed by atoms with Crippen LogP contribution in [-0.2, 0) is 40.1 Å². The van der Waals surface area contributed by atoms with Crippen LogP contribution in [0.3, 0.4) is 0 Å². The number of hydrogen-bond acceptors (Lipinski definition) is 5. The highest BCUT2D eigenvalue weighted by atomic mass is 32.2. The Kier molecular flexibility index (Phi) is 7.08. The minimum absolute atomic E-state index is 0.0740. The number of amides is 1. The summed E-state index contributed by atoms with van der Waals surface area (Å²) in [5, 5.41) is -0.0740. The van der Waals surface area contributed by atoms with Crippen LogP contribution in [0.1, 0.15) is 62.8 Å². The maximum absolute atomic E-state index is 13.0. The molecule has 0 bridgehead atoms. The van der Waals surface area contributed by atoms with E-state index in [1.54, 1.807) is 20.8 Å². The van der Waals surface area contributed by atoms with Crippen molar-refractivity contribution in [3.05, 3.63) is 46.9 Å². The highest BCUT2D eigenvalue weighted by Crippen LogP contribution is 2.37. The molecule has 34 heavy (non-hydrogen) atoms. The molecule has 3 rings (SSSR count). The second kappa shape index (κ2) is 9.24. The first kappa shape index (κ1) is 26.1. The summed E-state index contributed by atoms with van der Waals surface area (Å²) in [6.45, 7) is 7.77. The van der Waals surface area contributed by atoms with Crippen LogP contribution in [0.2, 0.25) is 0 Å². The molecule has 1 atom stereocenters. The van der Waals surface area contributed by atoms with Crippen molar-refractivity contribution in [2.45, 2.75) is 76.3 Å². The first-order chi connectivity index (χ1) is 15.6. The van der Waals surface area contributed by atoms with Crippen LogP contribution in [0.25, 0.3) is 0 Å². The molecule has 1 aliphatic rings. The summed E-state index contributed by atoms with van der Waals surface area (Å²) >= 11 is 0. The zero-order chi connectivity index (χ0) is 25.5. The number of rotatable bonds is 5. The fourth-order valence-electron chi connectivity index (χ4n) is 4.11. The highest BCUT2D eigenvalue weighted by molar-refractivity contribution is 7.90. The molecule has 0 N–H and O–H groups in total. The van der Waals surface area contributed by atoms with Gasteiger partial charge >= 0.3 is 12.3 Å². The lowest BCUT2D eigenvalue weighted by Crippen LogP contribution is -2.45. The molecule has 0 spiro atoms. The second-order valence-electron chi connectivity index (χ2n) is 9.42. The average Bonchev–Trinajstić information content (AvgIpc) is 3.10. The lowest BCUT2D eigenvalue weighted by Gasteiger charge is -2.38. The zero-order valence-corrected chi connectivity index (χ0v) is 20.8. The molecule has 1 unspecified atom stereocenters. The van der Waals surface area contributed by atoms with E-state index >= 15 is 0 Å². The monoisotopic (exact) mass is 501 g/mol. The van der Waals surface area contributed by atoms with E-state index in [2.05, 4.69) is 4.98 Å². The van der Waals surface area contributed by atoms with Crippen LogP contribution >= 0.6 is 0 Å². The predicted octanol–water partition coefficient (Wildman–Crippen LogP) is 4.79. The maximum Gasteiger partial charge on any atom is 0.416 e. The minimum Gasteiger partial charge on any atom is -0.444 e. The standard InChI is InChI=1S/C23H30F3N3O4S/c1-6-18-27-20(34(5,31)32)19-17(12-9-15-7-10-16(11-8-15)23(24,25)26)28(13-14-29(18)19)21(30)33-22(2,3)4/h7-8,10-11,17H,6,9,12-14H2,1-5H3. The van der Waals surface area contributed by atoms with Crippen molar-refractivity contribution in [3.8, 4) is 0 Å². The molecule has 11 heteroatoms. The maximum atomic E-state index is 13.0. The Hall–Kier alpha value is -2.56. The van der Waals surface area contributed by atoms with E-state index in [0.717, 1.165) is 18.4 Å². The van der Waals surface area contributed by atoms with Crippen molar-refractivity contribution in [2.75, 3.05) is 12.8 Å². The Morgan fingerprint density at radius 3 is 2.26 bits per heavy atom. The van der Waals surface area contributed by atoms with Gasteiger partial charge in [0.2, 0.25) is 0 Å². The molecule has 1 aliphatic heterocycles. The Labute approximate surface area is 197 Å². The lowest BCUT2D eigenvalue weighted by molar-refractivity contribution is -0.137. The summed E-state index contributed by atoms with van der Waals surface area (Å²) in [7, 11) is -3.69. The molecular weight excluding hydrogens is 471 g/mol. The molecule has 0 saturated carbocycles. The Bertz CT molecular complexity index is 1150. The summed E-state index contributed by atoms with van der Waals surface area (Å²) in [6, 6.07) is 4.17. The van der Waals surface area contributed by atoms with Crippen molar-refractivity contribution in [3.63, 3.8) is 0 Å². The molecule has 1 aromatic carbocycles. The third-order valence-electron chi connectivity index (χ3n) is 5.59. The number of carbonyl (C=O) groups is 1. The topological polar surface area (TPSA) is 81.5 Å². The average molecular weight is 502 g/mol. The Morgan fingerprint density at radius 2 is 1.76 bits per heavy atom. The molecule has 0 fully saturated rings. The molecule has 1 amide bonds. The van der Waals surface area contributed by atoms with E-state index in [1.165, 1.54) is 17.0 Å². The number of nitrogens with zero attached hydrogens (tertiary/aromatic N) is 3. The number of aromatic nitrogens is 2. The van der Waals surface area contributed by atoms with Crippen LogP contribution in [0.5, 0.6) is 0 Å². The van der Waals surface area contributed by atoms with E-state index in [4.69, 9.17) is 4.74 Å².